The number of nitrogens with one attached hydrogen (secondary N) is 2. The molecule has 0 saturated heterocycles. The van der Waals surface area contributed by atoms with E-state index in [1.807, 2.05) is 67.6 Å². The van der Waals surface area contributed by atoms with Gasteiger partial charge in [-0.25, -0.2) is 14.8 Å². The van der Waals surface area contributed by atoms with E-state index in [0.29, 0.717) is 22.9 Å². The van der Waals surface area contributed by atoms with Crippen LogP contribution in [0.25, 0.3) is 17.3 Å². The van der Waals surface area contributed by atoms with E-state index in [1.165, 1.54) is 13.2 Å². The second-order valence-corrected chi connectivity index (χ2v) is 7.69. The Bertz CT molecular complexity index is 1370. The first kappa shape index (κ1) is 23.4. The van der Waals surface area contributed by atoms with Crippen molar-refractivity contribution in [1.29, 1.82) is 0 Å². The Hall–Kier alpha value is -4.78. The van der Waals surface area contributed by atoms with Crippen molar-refractivity contribution in [2.75, 3.05) is 17.7 Å². The van der Waals surface area contributed by atoms with E-state index in [4.69, 9.17) is 0 Å². The van der Waals surface area contributed by atoms with Crippen molar-refractivity contribution in [2.45, 2.75) is 6.92 Å². The standard InChI is InChI=1S/C28H24N4O3/c1-19-29-25(21-7-4-3-5-8-21)18-26(30-19)31-23-9-6-10-24(17-23)32-27(33)16-13-20-11-14-22(15-12-20)28(34)35-2/h3-18H,1-2H3,(H,32,33)(H,29,30,31)/b16-13+. The molecule has 35 heavy (non-hydrogen) atoms. The number of aryl methyl sites for hydroxylation is 1. The van der Waals surface area contributed by atoms with Gasteiger partial charge in [0.15, 0.2) is 0 Å². The fourth-order valence-corrected chi connectivity index (χ4v) is 3.42. The Kier molecular flexibility index (Phi) is 7.28. The van der Waals surface area contributed by atoms with Crippen molar-refractivity contribution in [3.05, 3.63) is 108 Å². The highest BCUT2D eigenvalue weighted by Crippen LogP contribution is 2.23. The summed E-state index contributed by atoms with van der Waals surface area (Å²) in [5.74, 6) is 0.641. The van der Waals surface area contributed by atoms with E-state index in [2.05, 4.69) is 25.3 Å². The smallest absolute Gasteiger partial charge is 0.337 e. The number of methoxy groups -OCH3 is 1. The molecule has 0 unspecified atom stereocenters. The lowest BCUT2D eigenvalue weighted by atomic mass is 10.1. The van der Waals surface area contributed by atoms with Gasteiger partial charge in [-0.3, -0.25) is 4.79 Å². The van der Waals surface area contributed by atoms with Crippen LogP contribution in [0, 0.1) is 6.92 Å². The summed E-state index contributed by atoms with van der Waals surface area (Å²) in [6.07, 6.45) is 3.11. The largest absolute Gasteiger partial charge is 0.465 e. The lowest BCUT2D eigenvalue weighted by molar-refractivity contribution is -0.111. The Labute approximate surface area is 203 Å². The molecule has 1 heterocycles. The summed E-state index contributed by atoms with van der Waals surface area (Å²) < 4.78 is 4.69. The molecule has 0 aliphatic carbocycles. The van der Waals surface area contributed by atoms with Crippen LogP contribution in [0.2, 0.25) is 0 Å². The second kappa shape index (κ2) is 10.9. The molecule has 0 saturated carbocycles. The fraction of sp³-hybridized carbons (Fsp3) is 0.0714. The van der Waals surface area contributed by atoms with Crippen LogP contribution in [-0.2, 0) is 9.53 Å². The molecule has 1 aromatic heterocycles. The number of ether oxygens (including phenoxy) is 1. The summed E-state index contributed by atoms with van der Waals surface area (Å²) in [5, 5.41) is 6.14. The molecule has 0 aliphatic heterocycles. The fourth-order valence-electron chi connectivity index (χ4n) is 3.42. The van der Waals surface area contributed by atoms with Gasteiger partial charge in [-0.15, -0.1) is 0 Å². The molecule has 4 rings (SSSR count). The number of aromatic nitrogens is 2. The van der Waals surface area contributed by atoms with E-state index in [-0.39, 0.29) is 5.91 Å². The first-order valence-corrected chi connectivity index (χ1v) is 11.0. The topological polar surface area (TPSA) is 93.2 Å². The minimum atomic E-state index is -0.403. The monoisotopic (exact) mass is 464 g/mol. The van der Waals surface area contributed by atoms with Crippen LogP contribution in [0.15, 0.2) is 91.0 Å². The zero-order valence-corrected chi connectivity index (χ0v) is 19.4. The molecule has 3 aromatic carbocycles. The van der Waals surface area contributed by atoms with Crippen molar-refractivity contribution in [3.8, 4) is 11.3 Å². The summed E-state index contributed by atoms with van der Waals surface area (Å²) >= 11 is 0. The molecular formula is C28H24N4O3. The molecule has 0 radical (unpaired) electrons. The quantitative estimate of drug-likeness (QED) is 0.272. The van der Waals surface area contributed by atoms with E-state index in [0.717, 1.165) is 22.5 Å². The summed E-state index contributed by atoms with van der Waals surface area (Å²) in [6.45, 7) is 1.85. The molecule has 0 fully saturated rings. The summed E-state index contributed by atoms with van der Waals surface area (Å²) in [7, 11) is 1.33. The van der Waals surface area contributed by atoms with E-state index < -0.39 is 5.97 Å². The number of carbonyl (C=O) groups excluding carboxylic acids is 2. The molecule has 174 valence electrons. The first-order chi connectivity index (χ1) is 17.0. The maximum atomic E-state index is 12.4. The Balaban J connectivity index is 1.42. The van der Waals surface area contributed by atoms with E-state index in [1.54, 1.807) is 30.3 Å². The maximum absolute atomic E-state index is 12.4. The zero-order chi connectivity index (χ0) is 24.6. The minimum absolute atomic E-state index is 0.275. The second-order valence-electron chi connectivity index (χ2n) is 7.69. The molecule has 2 N–H and O–H groups in total. The summed E-state index contributed by atoms with van der Waals surface area (Å²) in [6, 6.07) is 26.0. The number of hydrogen-bond acceptors (Lipinski definition) is 6. The van der Waals surface area contributed by atoms with Gasteiger partial charge < -0.3 is 15.4 Å². The number of rotatable bonds is 7. The predicted molar refractivity (Wildman–Crippen MR) is 137 cm³/mol. The van der Waals surface area contributed by atoms with Gasteiger partial charge in [0.25, 0.3) is 0 Å². The number of amides is 1. The van der Waals surface area contributed by atoms with Gasteiger partial charge in [0.2, 0.25) is 5.91 Å². The lowest BCUT2D eigenvalue weighted by Crippen LogP contribution is -2.08. The van der Waals surface area contributed by atoms with Crippen molar-refractivity contribution in [1.82, 2.24) is 9.97 Å². The minimum Gasteiger partial charge on any atom is -0.465 e. The number of nitrogens with zero attached hydrogens (tertiary/aromatic N) is 2. The van der Waals surface area contributed by atoms with Gasteiger partial charge in [0, 0.05) is 29.1 Å². The Morgan fingerprint density at radius 2 is 1.60 bits per heavy atom. The molecule has 0 bridgehead atoms. The van der Waals surface area contributed by atoms with Crippen molar-refractivity contribution < 1.29 is 14.3 Å². The first-order valence-electron chi connectivity index (χ1n) is 11.0. The molecule has 4 aromatic rings. The Morgan fingerprint density at radius 1 is 0.857 bits per heavy atom. The van der Waals surface area contributed by atoms with E-state index in [9.17, 15) is 9.59 Å². The number of carbonyl (C=O) groups is 2. The molecule has 0 aliphatic rings. The van der Waals surface area contributed by atoms with Crippen molar-refractivity contribution in [3.63, 3.8) is 0 Å². The normalized spacial score (nSPS) is 10.7. The van der Waals surface area contributed by atoms with Gasteiger partial charge in [-0.1, -0.05) is 48.5 Å². The predicted octanol–water partition coefficient (Wildman–Crippen LogP) is 5.63. The van der Waals surface area contributed by atoms with Crippen LogP contribution in [0.1, 0.15) is 21.7 Å². The average molecular weight is 465 g/mol. The molecule has 7 nitrogen and oxygen atoms in total. The number of anilines is 3. The van der Waals surface area contributed by atoms with Crippen molar-refractivity contribution in [2.24, 2.45) is 0 Å². The van der Waals surface area contributed by atoms with Crippen LogP contribution in [0.4, 0.5) is 17.2 Å². The van der Waals surface area contributed by atoms with Crippen LogP contribution in [0.5, 0.6) is 0 Å². The highest BCUT2D eigenvalue weighted by Gasteiger charge is 2.07. The van der Waals surface area contributed by atoms with Crippen LogP contribution in [-0.4, -0.2) is 29.0 Å². The molecule has 7 heteroatoms. The summed E-state index contributed by atoms with van der Waals surface area (Å²) in [4.78, 5) is 32.9. The zero-order valence-electron chi connectivity index (χ0n) is 19.4. The highest BCUT2D eigenvalue weighted by molar-refractivity contribution is 6.02. The average Bonchev–Trinajstić information content (AvgIpc) is 2.88. The lowest BCUT2D eigenvalue weighted by Gasteiger charge is -2.10. The van der Waals surface area contributed by atoms with Gasteiger partial charge >= 0.3 is 5.97 Å². The maximum Gasteiger partial charge on any atom is 0.337 e. The molecule has 1 amide bonds. The van der Waals surface area contributed by atoms with Gasteiger partial charge in [-0.2, -0.15) is 0 Å². The SMILES string of the molecule is COC(=O)c1ccc(/C=C/C(=O)Nc2cccc(Nc3cc(-c4ccccc4)nc(C)n3)c2)cc1. The number of benzene rings is 3. The van der Waals surface area contributed by atoms with Gasteiger partial charge in [-0.05, 0) is 48.9 Å². The van der Waals surface area contributed by atoms with Crippen LogP contribution in [0.3, 0.4) is 0 Å². The number of hydrogen-bond donors (Lipinski definition) is 2. The number of esters is 1. The third kappa shape index (κ3) is 6.39. The van der Waals surface area contributed by atoms with Gasteiger partial charge in [0.05, 0.1) is 18.4 Å². The van der Waals surface area contributed by atoms with Gasteiger partial charge in [0.1, 0.15) is 11.6 Å². The Morgan fingerprint density at radius 3 is 2.34 bits per heavy atom. The van der Waals surface area contributed by atoms with E-state index >= 15 is 0 Å². The van der Waals surface area contributed by atoms with Crippen LogP contribution < -0.4 is 10.6 Å². The highest BCUT2D eigenvalue weighted by atomic mass is 16.5. The summed E-state index contributed by atoms with van der Waals surface area (Å²) in [5.41, 5.74) is 4.50. The molecule has 0 spiro atoms. The third-order valence-electron chi connectivity index (χ3n) is 5.07. The third-order valence-corrected chi connectivity index (χ3v) is 5.07. The van der Waals surface area contributed by atoms with Crippen molar-refractivity contribution >= 4 is 35.1 Å². The molecule has 0 atom stereocenters. The molecular weight excluding hydrogens is 440 g/mol. The van der Waals surface area contributed by atoms with Crippen LogP contribution >= 0.6 is 0 Å².